The van der Waals surface area contributed by atoms with Gasteiger partial charge in [-0.1, -0.05) is 31.4 Å². The van der Waals surface area contributed by atoms with Crippen molar-refractivity contribution in [3.05, 3.63) is 58.9 Å². The number of ketones is 1. The van der Waals surface area contributed by atoms with Crippen molar-refractivity contribution >= 4 is 23.6 Å². The van der Waals surface area contributed by atoms with Gasteiger partial charge >= 0.3 is 6.09 Å². The molecule has 1 aromatic carbocycles. The van der Waals surface area contributed by atoms with Crippen molar-refractivity contribution in [3.8, 4) is 0 Å². The van der Waals surface area contributed by atoms with Crippen LogP contribution in [0.25, 0.3) is 6.08 Å². The monoisotopic (exact) mass is 392 g/mol. The van der Waals surface area contributed by atoms with Crippen LogP contribution in [0.5, 0.6) is 0 Å². The lowest BCUT2D eigenvalue weighted by molar-refractivity contribution is 0.104. The smallest absolute Gasteiger partial charge is 0.414 e. The third-order valence-electron chi connectivity index (χ3n) is 6.08. The van der Waals surface area contributed by atoms with Gasteiger partial charge in [0.05, 0.1) is 6.54 Å². The molecule has 0 bridgehead atoms. The van der Waals surface area contributed by atoms with Crippen LogP contribution in [-0.2, 0) is 4.74 Å². The number of carbonyl (C=O) groups excluding carboxylic acids is 2. The molecular weight excluding hydrogens is 364 g/mol. The zero-order chi connectivity index (χ0) is 20.4. The second-order valence-electron chi connectivity index (χ2n) is 8.00. The van der Waals surface area contributed by atoms with Gasteiger partial charge in [0.1, 0.15) is 6.61 Å². The molecule has 1 amide bonds. The van der Waals surface area contributed by atoms with E-state index in [4.69, 9.17) is 4.74 Å². The summed E-state index contributed by atoms with van der Waals surface area (Å²) in [5.74, 6) is -0.0677. The summed E-state index contributed by atoms with van der Waals surface area (Å²) in [6.45, 7) is 5.19. The number of aryl methyl sites for hydroxylation is 1. The number of ether oxygens (including phenoxy) is 1. The third kappa shape index (κ3) is 4.00. The van der Waals surface area contributed by atoms with Crippen LogP contribution in [0, 0.1) is 13.8 Å². The molecule has 0 radical (unpaired) electrons. The maximum absolute atomic E-state index is 12.7. The number of amides is 1. The van der Waals surface area contributed by atoms with Crippen molar-refractivity contribution in [2.75, 3.05) is 18.1 Å². The largest absolute Gasteiger partial charge is 0.447 e. The van der Waals surface area contributed by atoms with Crippen molar-refractivity contribution in [2.24, 2.45) is 0 Å². The number of nitrogens with zero attached hydrogens (tertiary/aromatic N) is 2. The van der Waals surface area contributed by atoms with E-state index in [2.05, 4.69) is 24.5 Å². The van der Waals surface area contributed by atoms with Gasteiger partial charge in [0.15, 0.2) is 5.78 Å². The van der Waals surface area contributed by atoms with Crippen molar-refractivity contribution in [1.29, 1.82) is 0 Å². The molecule has 1 saturated heterocycles. The summed E-state index contributed by atoms with van der Waals surface area (Å²) in [5, 5.41) is 0. The average Bonchev–Trinajstić information content (AvgIpc) is 3.29. The standard InChI is InChI=1S/C24H28N2O3/c1-17-15-19(18(2)26(17)21-8-4-3-5-9-21)11-12-23(27)20-7-6-10-22(16-20)25-13-14-29-24(25)28/h6-7,10-12,15-16,21H,3-5,8-9,13-14H2,1-2H3/b12-11+. The van der Waals surface area contributed by atoms with Gasteiger partial charge in [-0.15, -0.1) is 0 Å². The number of anilines is 1. The van der Waals surface area contributed by atoms with Crippen LogP contribution in [0.15, 0.2) is 36.4 Å². The van der Waals surface area contributed by atoms with E-state index in [9.17, 15) is 9.59 Å². The Morgan fingerprint density at radius 1 is 1.14 bits per heavy atom. The molecule has 152 valence electrons. The Labute approximate surface area is 172 Å². The average molecular weight is 392 g/mol. The molecule has 29 heavy (non-hydrogen) atoms. The van der Waals surface area contributed by atoms with Gasteiger partial charge in [0.2, 0.25) is 0 Å². The number of rotatable bonds is 5. The first kappa shape index (κ1) is 19.5. The van der Waals surface area contributed by atoms with Crippen LogP contribution in [0.1, 0.15) is 65.5 Å². The number of carbonyl (C=O) groups is 2. The van der Waals surface area contributed by atoms with Crippen LogP contribution in [0.4, 0.5) is 10.5 Å². The molecule has 1 aromatic heterocycles. The minimum absolute atomic E-state index is 0.0677. The molecule has 0 unspecified atom stereocenters. The van der Waals surface area contributed by atoms with E-state index in [1.807, 2.05) is 12.1 Å². The maximum Gasteiger partial charge on any atom is 0.414 e. The summed E-state index contributed by atoms with van der Waals surface area (Å²) in [6.07, 6.45) is 9.60. The Bertz CT molecular complexity index is 951. The lowest BCUT2D eigenvalue weighted by Crippen LogP contribution is -2.23. The van der Waals surface area contributed by atoms with Crippen molar-refractivity contribution in [3.63, 3.8) is 0 Å². The van der Waals surface area contributed by atoms with Crippen LogP contribution < -0.4 is 4.90 Å². The number of cyclic esters (lactones) is 1. The molecule has 5 nitrogen and oxygen atoms in total. The zero-order valence-corrected chi connectivity index (χ0v) is 17.2. The Morgan fingerprint density at radius 2 is 1.93 bits per heavy atom. The minimum atomic E-state index is -0.361. The van der Waals surface area contributed by atoms with Crippen LogP contribution in [0.3, 0.4) is 0 Å². The summed E-state index contributed by atoms with van der Waals surface area (Å²) >= 11 is 0. The van der Waals surface area contributed by atoms with Crippen LogP contribution in [-0.4, -0.2) is 29.6 Å². The van der Waals surface area contributed by atoms with Gasteiger partial charge in [0.25, 0.3) is 0 Å². The zero-order valence-electron chi connectivity index (χ0n) is 17.2. The summed E-state index contributed by atoms with van der Waals surface area (Å²) in [5.41, 5.74) is 4.85. The predicted octanol–water partition coefficient (Wildman–Crippen LogP) is 5.46. The molecule has 4 rings (SSSR count). The lowest BCUT2D eigenvalue weighted by Gasteiger charge is -2.26. The second-order valence-corrected chi connectivity index (χ2v) is 8.00. The molecule has 2 aliphatic rings. The van der Waals surface area contributed by atoms with Gasteiger partial charge < -0.3 is 9.30 Å². The van der Waals surface area contributed by atoms with Crippen LogP contribution >= 0.6 is 0 Å². The molecule has 1 saturated carbocycles. The fraction of sp³-hybridized carbons (Fsp3) is 0.417. The topological polar surface area (TPSA) is 51.5 Å². The highest BCUT2D eigenvalue weighted by Crippen LogP contribution is 2.32. The first-order valence-electron chi connectivity index (χ1n) is 10.5. The number of allylic oxidation sites excluding steroid dienone is 1. The van der Waals surface area contributed by atoms with E-state index in [1.54, 1.807) is 29.2 Å². The van der Waals surface area contributed by atoms with E-state index in [1.165, 1.54) is 43.5 Å². The number of hydrogen-bond acceptors (Lipinski definition) is 3. The van der Waals surface area contributed by atoms with Gasteiger partial charge in [-0.3, -0.25) is 9.69 Å². The van der Waals surface area contributed by atoms with Gasteiger partial charge in [-0.05, 0) is 62.6 Å². The Morgan fingerprint density at radius 3 is 2.66 bits per heavy atom. The molecule has 1 aliphatic carbocycles. The highest BCUT2D eigenvalue weighted by molar-refractivity contribution is 6.07. The SMILES string of the molecule is Cc1cc(/C=C/C(=O)c2cccc(N3CCOC3=O)c2)c(C)n1C1CCCCC1. The number of hydrogen-bond donors (Lipinski definition) is 0. The third-order valence-corrected chi connectivity index (χ3v) is 6.08. The van der Waals surface area contributed by atoms with Crippen molar-refractivity contribution < 1.29 is 14.3 Å². The normalized spacial score (nSPS) is 17.9. The minimum Gasteiger partial charge on any atom is -0.447 e. The summed E-state index contributed by atoms with van der Waals surface area (Å²) in [4.78, 5) is 26.1. The quantitative estimate of drug-likeness (QED) is 0.501. The maximum atomic E-state index is 12.7. The molecule has 0 N–H and O–H groups in total. The molecule has 0 atom stereocenters. The first-order chi connectivity index (χ1) is 14.0. The molecule has 2 heterocycles. The fourth-order valence-electron chi connectivity index (χ4n) is 4.59. The first-order valence-corrected chi connectivity index (χ1v) is 10.5. The molecule has 2 aromatic rings. The second kappa shape index (κ2) is 8.27. The Kier molecular flexibility index (Phi) is 5.56. The molecule has 2 fully saturated rings. The summed E-state index contributed by atoms with van der Waals surface area (Å²) in [7, 11) is 0. The molecule has 1 aliphatic heterocycles. The highest BCUT2D eigenvalue weighted by atomic mass is 16.6. The fourth-order valence-corrected chi connectivity index (χ4v) is 4.59. The summed E-state index contributed by atoms with van der Waals surface area (Å²) in [6, 6.07) is 9.91. The lowest BCUT2D eigenvalue weighted by atomic mass is 9.95. The number of aromatic nitrogens is 1. The van der Waals surface area contributed by atoms with Gasteiger partial charge in [0, 0.05) is 28.7 Å². The predicted molar refractivity (Wildman–Crippen MR) is 115 cm³/mol. The summed E-state index contributed by atoms with van der Waals surface area (Å²) < 4.78 is 7.44. The van der Waals surface area contributed by atoms with Crippen molar-refractivity contribution in [2.45, 2.75) is 52.0 Å². The van der Waals surface area contributed by atoms with E-state index in [-0.39, 0.29) is 11.9 Å². The van der Waals surface area contributed by atoms with Crippen LogP contribution in [0.2, 0.25) is 0 Å². The van der Waals surface area contributed by atoms with Gasteiger partial charge in [-0.2, -0.15) is 0 Å². The molecular formula is C24H28N2O3. The van der Waals surface area contributed by atoms with E-state index >= 15 is 0 Å². The van der Waals surface area contributed by atoms with Crippen molar-refractivity contribution in [1.82, 2.24) is 4.57 Å². The van der Waals surface area contributed by atoms with E-state index in [0.29, 0.717) is 30.4 Å². The molecule has 5 heteroatoms. The van der Waals surface area contributed by atoms with E-state index < -0.39 is 0 Å². The Balaban J connectivity index is 1.52. The highest BCUT2D eigenvalue weighted by Gasteiger charge is 2.24. The van der Waals surface area contributed by atoms with Gasteiger partial charge in [-0.25, -0.2) is 4.79 Å². The Hall–Kier alpha value is -2.82. The molecule has 0 spiro atoms. The van der Waals surface area contributed by atoms with E-state index in [0.717, 1.165) is 5.56 Å². The number of benzene rings is 1.